The van der Waals surface area contributed by atoms with Gasteiger partial charge in [0.25, 0.3) is 0 Å². The molecule has 0 unspecified atom stereocenters. The molecule has 1 aliphatic carbocycles. The van der Waals surface area contributed by atoms with Gasteiger partial charge in [-0.2, -0.15) is 13.2 Å². The summed E-state index contributed by atoms with van der Waals surface area (Å²) >= 11 is 0. The lowest BCUT2D eigenvalue weighted by Gasteiger charge is -2.28. The maximum absolute atomic E-state index is 12.4. The fourth-order valence-electron chi connectivity index (χ4n) is 3.85. The van der Waals surface area contributed by atoms with E-state index in [-0.39, 0.29) is 12.7 Å². The Morgan fingerprint density at radius 2 is 1.56 bits per heavy atom. The third-order valence-electron chi connectivity index (χ3n) is 5.61. The molecular formula is C26H29F3N2O5. The maximum Gasteiger partial charge on any atom is 0.411 e. The van der Waals surface area contributed by atoms with Gasteiger partial charge in [-0.3, -0.25) is 0 Å². The van der Waals surface area contributed by atoms with Gasteiger partial charge in [-0.25, -0.2) is 9.59 Å². The maximum atomic E-state index is 12.4. The molecule has 0 aromatic heterocycles. The van der Waals surface area contributed by atoms with Crippen LogP contribution in [0.15, 0.2) is 48.5 Å². The monoisotopic (exact) mass is 506 g/mol. The van der Waals surface area contributed by atoms with E-state index in [4.69, 9.17) is 25.7 Å². The van der Waals surface area contributed by atoms with Gasteiger partial charge < -0.3 is 25.7 Å². The second kappa shape index (κ2) is 12.4. The van der Waals surface area contributed by atoms with Crippen LogP contribution in [-0.2, 0) is 25.4 Å². The van der Waals surface area contributed by atoms with Crippen molar-refractivity contribution in [3.8, 4) is 0 Å². The van der Waals surface area contributed by atoms with Gasteiger partial charge in [0.15, 0.2) is 0 Å². The number of hydrogen-bond donors (Lipinski definition) is 2. The summed E-state index contributed by atoms with van der Waals surface area (Å²) < 4.78 is 52.3. The van der Waals surface area contributed by atoms with Crippen molar-refractivity contribution >= 4 is 29.4 Å². The molecule has 0 amide bonds. The molecule has 1 saturated carbocycles. The standard InChI is InChI=1S/C26H29F3N2O5/c27-26(28,29)16-35-22-6-8-23(9-7-22)36-25(33)19-4-1-17(2-5-19)3-10-24(32)34-12-11-18-13-20(30)15-21(31)14-18/h1-5,10,13-15,22-23H,6-9,11-12,16,30-31H2. The first-order valence-electron chi connectivity index (χ1n) is 11.6. The van der Waals surface area contributed by atoms with Crippen molar-refractivity contribution in [1.29, 1.82) is 0 Å². The molecule has 0 radical (unpaired) electrons. The van der Waals surface area contributed by atoms with Crippen LogP contribution in [0.5, 0.6) is 0 Å². The van der Waals surface area contributed by atoms with Crippen LogP contribution in [0.2, 0.25) is 0 Å². The summed E-state index contributed by atoms with van der Waals surface area (Å²) in [5, 5.41) is 0. The largest absolute Gasteiger partial charge is 0.462 e. The molecular weight excluding hydrogens is 477 g/mol. The minimum Gasteiger partial charge on any atom is -0.462 e. The Bertz CT molecular complexity index is 1040. The molecule has 4 N–H and O–H groups in total. The van der Waals surface area contributed by atoms with Gasteiger partial charge in [0, 0.05) is 23.9 Å². The van der Waals surface area contributed by atoms with Crippen molar-refractivity contribution in [2.75, 3.05) is 24.7 Å². The minimum atomic E-state index is -4.35. The number of alkyl halides is 3. The predicted molar refractivity (Wildman–Crippen MR) is 129 cm³/mol. The van der Waals surface area contributed by atoms with Crippen LogP contribution in [0.25, 0.3) is 6.08 Å². The van der Waals surface area contributed by atoms with Crippen LogP contribution < -0.4 is 11.5 Å². The third-order valence-corrected chi connectivity index (χ3v) is 5.61. The number of anilines is 2. The molecule has 0 saturated heterocycles. The highest BCUT2D eigenvalue weighted by atomic mass is 19.4. The fraction of sp³-hybridized carbons (Fsp3) is 0.385. The summed E-state index contributed by atoms with van der Waals surface area (Å²) in [5.41, 5.74) is 14.5. The van der Waals surface area contributed by atoms with Gasteiger partial charge in [-0.05, 0) is 73.2 Å². The normalized spacial score (nSPS) is 18.2. The SMILES string of the molecule is Nc1cc(N)cc(CCOC(=O)C=Cc2ccc(C(=O)OC3CCC(OCC(F)(F)F)CC3)cc2)c1. The molecule has 36 heavy (non-hydrogen) atoms. The number of carbonyl (C=O) groups excluding carboxylic acids is 2. The van der Waals surface area contributed by atoms with E-state index in [0.717, 1.165) is 5.56 Å². The summed E-state index contributed by atoms with van der Waals surface area (Å²) in [6.07, 6.45) is -0.144. The van der Waals surface area contributed by atoms with E-state index in [1.165, 1.54) is 6.08 Å². The van der Waals surface area contributed by atoms with Gasteiger partial charge >= 0.3 is 18.1 Å². The second-order valence-electron chi connectivity index (χ2n) is 8.61. The van der Waals surface area contributed by atoms with Crippen LogP contribution in [0.1, 0.15) is 47.2 Å². The van der Waals surface area contributed by atoms with Gasteiger partial charge in [0.1, 0.15) is 12.7 Å². The number of benzene rings is 2. The molecule has 0 heterocycles. The van der Waals surface area contributed by atoms with Crippen molar-refractivity contribution in [2.45, 2.75) is 50.5 Å². The topological polar surface area (TPSA) is 114 Å². The van der Waals surface area contributed by atoms with Crippen molar-refractivity contribution in [1.82, 2.24) is 0 Å². The first-order valence-corrected chi connectivity index (χ1v) is 11.6. The summed E-state index contributed by atoms with van der Waals surface area (Å²) in [7, 11) is 0. The zero-order valence-corrected chi connectivity index (χ0v) is 19.6. The van der Waals surface area contributed by atoms with Crippen molar-refractivity contribution in [3.05, 3.63) is 65.2 Å². The number of halogens is 3. The molecule has 0 aliphatic heterocycles. The average Bonchev–Trinajstić information content (AvgIpc) is 2.81. The molecule has 7 nitrogen and oxygen atoms in total. The first kappa shape index (κ1) is 27.1. The van der Waals surface area contributed by atoms with Crippen molar-refractivity contribution in [2.24, 2.45) is 0 Å². The van der Waals surface area contributed by atoms with E-state index in [9.17, 15) is 22.8 Å². The molecule has 1 aliphatic rings. The Kier molecular flexibility index (Phi) is 9.35. The van der Waals surface area contributed by atoms with E-state index in [1.807, 2.05) is 0 Å². The Balaban J connectivity index is 1.39. The highest BCUT2D eigenvalue weighted by Gasteiger charge is 2.31. The van der Waals surface area contributed by atoms with Crippen molar-refractivity contribution in [3.63, 3.8) is 0 Å². The highest BCUT2D eigenvalue weighted by molar-refractivity contribution is 5.90. The molecule has 0 bridgehead atoms. The quantitative estimate of drug-likeness (QED) is 0.288. The zero-order chi connectivity index (χ0) is 26.1. The van der Waals surface area contributed by atoms with E-state index >= 15 is 0 Å². The number of hydrogen-bond acceptors (Lipinski definition) is 7. The number of nitrogens with two attached hydrogens (primary N) is 2. The first-order chi connectivity index (χ1) is 17.1. The van der Waals surface area contributed by atoms with E-state index in [1.54, 1.807) is 48.5 Å². The lowest BCUT2D eigenvalue weighted by molar-refractivity contribution is -0.189. The van der Waals surface area contributed by atoms with Crippen LogP contribution in [0.4, 0.5) is 24.5 Å². The van der Waals surface area contributed by atoms with Gasteiger partial charge in [-0.15, -0.1) is 0 Å². The molecule has 194 valence electrons. The van der Waals surface area contributed by atoms with Crippen molar-refractivity contribution < 1.29 is 37.0 Å². The van der Waals surface area contributed by atoms with E-state index in [0.29, 0.717) is 54.6 Å². The lowest BCUT2D eigenvalue weighted by Crippen LogP contribution is -2.30. The third kappa shape index (κ3) is 9.26. The van der Waals surface area contributed by atoms with E-state index in [2.05, 4.69) is 0 Å². The molecule has 10 heteroatoms. The molecule has 1 fully saturated rings. The number of nitrogen functional groups attached to an aromatic ring is 2. The summed E-state index contributed by atoms with van der Waals surface area (Å²) in [6, 6.07) is 11.7. The molecule has 0 spiro atoms. The van der Waals surface area contributed by atoms with Crippen LogP contribution in [0.3, 0.4) is 0 Å². The average molecular weight is 507 g/mol. The molecule has 2 aromatic carbocycles. The van der Waals surface area contributed by atoms with E-state index < -0.39 is 30.8 Å². The van der Waals surface area contributed by atoms with Crippen LogP contribution in [-0.4, -0.2) is 43.5 Å². The van der Waals surface area contributed by atoms with Gasteiger partial charge in [-0.1, -0.05) is 12.1 Å². The number of rotatable bonds is 9. The Hall–Kier alpha value is -3.53. The fourth-order valence-corrected chi connectivity index (χ4v) is 3.85. The molecule has 0 atom stereocenters. The summed E-state index contributed by atoms with van der Waals surface area (Å²) in [6.45, 7) is -1.09. The Morgan fingerprint density at radius 1 is 0.944 bits per heavy atom. The zero-order valence-electron chi connectivity index (χ0n) is 19.6. The summed E-state index contributed by atoms with van der Waals surface area (Å²) in [4.78, 5) is 24.3. The minimum absolute atomic E-state index is 0.174. The predicted octanol–water partition coefficient (Wildman–Crippen LogP) is 4.70. The number of carbonyl (C=O) groups is 2. The Labute approximate surface area is 207 Å². The van der Waals surface area contributed by atoms with Gasteiger partial charge in [0.2, 0.25) is 0 Å². The Morgan fingerprint density at radius 3 is 2.17 bits per heavy atom. The second-order valence-corrected chi connectivity index (χ2v) is 8.61. The van der Waals surface area contributed by atoms with Crippen LogP contribution >= 0.6 is 0 Å². The number of esters is 2. The molecule has 2 aromatic rings. The smallest absolute Gasteiger partial charge is 0.411 e. The highest BCUT2D eigenvalue weighted by Crippen LogP contribution is 2.26. The summed E-state index contributed by atoms with van der Waals surface area (Å²) in [5.74, 6) is -1.02. The number of ether oxygens (including phenoxy) is 3. The van der Waals surface area contributed by atoms with Gasteiger partial charge in [0.05, 0.1) is 18.3 Å². The lowest BCUT2D eigenvalue weighted by atomic mass is 9.95. The molecule has 3 rings (SSSR count). The van der Waals surface area contributed by atoms with Crippen LogP contribution in [0, 0.1) is 0 Å².